The fourth-order valence-corrected chi connectivity index (χ4v) is 3.11. The summed E-state index contributed by atoms with van der Waals surface area (Å²) in [5.41, 5.74) is 6.93. The molecule has 11 nitrogen and oxygen atoms in total. The van der Waals surface area contributed by atoms with Gasteiger partial charge in [-0.15, -0.1) is 0 Å². The number of imidazole rings is 1. The molecule has 0 aliphatic heterocycles. The maximum absolute atomic E-state index is 9.51. The van der Waals surface area contributed by atoms with Crippen molar-refractivity contribution in [2.75, 3.05) is 26.6 Å². The topological polar surface area (TPSA) is 147 Å². The van der Waals surface area contributed by atoms with Crippen LogP contribution in [0.1, 0.15) is 6.42 Å². The van der Waals surface area contributed by atoms with Crippen molar-refractivity contribution in [3.63, 3.8) is 0 Å². The third kappa shape index (κ3) is 5.23. The van der Waals surface area contributed by atoms with E-state index in [0.717, 1.165) is 0 Å². The number of nitrogen functional groups attached to an aromatic ring is 1. The Balaban J connectivity index is 1.85. The molecule has 3 atom stereocenters. The summed E-state index contributed by atoms with van der Waals surface area (Å²) in [6.07, 6.45) is 3.29. The van der Waals surface area contributed by atoms with Crippen LogP contribution in [0.25, 0.3) is 11.2 Å². The lowest BCUT2D eigenvalue weighted by Crippen LogP contribution is -2.19. The van der Waals surface area contributed by atoms with Crippen LogP contribution in [0.15, 0.2) is 12.7 Å². The summed E-state index contributed by atoms with van der Waals surface area (Å²) in [4.78, 5) is 30.9. The van der Waals surface area contributed by atoms with Gasteiger partial charge in [-0.05, 0) is 6.42 Å². The molecule has 0 amide bonds. The van der Waals surface area contributed by atoms with E-state index in [4.69, 9.17) is 24.2 Å². The first-order valence-electron chi connectivity index (χ1n) is 6.82. The third-order valence-electron chi connectivity index (χ3n) is 3.12. The van der Waals surface area contributed by atoms with Gasteiger partial charge in [0.05, 0.1) is 19.0 Å². The summed E-state index contributed by atoms with van der Waals surface area (Å²) >= 11 is 0. The molecule has 0 aliphatic rings. The highest BCUT2D eigenvalue weighted by Crippen LogP contribution is 2.48. The van der Waals surface area contributed by atoms with E-state index in [9.17, 15) is 4.89 Å². The van der Waals surface area contributed by atoms with Crippen LogP contribution in [0.3, 0.4) is 0 Å². The Morgan fingerprint density at radius 1 is 1.25 bits per heavy atom. The molecule has 0 saturated carbocycles. The number of anilines is 1. The van der Waals surface area contributed by atoms with Crippen LogP contribution in [0.4, 0.5) is 5.82 Å². The first-order chi connectivity index (χ1) is 11.5. The van der Waals surface area contributed by atoms with Crippen LogP contribution in [0.2, 0.25) is 0 Å². The number of hydrogen-bond acceptors (Lipinski definition) is 10. The molecule has 24 heavy (non-hydrogen) atoms. The zero-order chi connectivity index (χ0) is 17.5. The summed E-state index contributed by atoms with van der Waals surface area (Å²) in [6.45, 7) is 0.652. The SMILES string of the molecule is COC(CCn1cnc2c(N)ncnc21)COP(O)OP(O)OC. The van der Waals surface area contributed by atoms with Crippen molar-refractivity contribution in [3.05, 3.63) is 12.7 Å². The molecule has 2 heterocycles. The minimum Gasteiger partial charge on any atom is -0.382 e. The van der Waals surface area contributed by atoms with Crippen LogP contribution >= 0.6 is 17.2 Å². The minimum atomic E-state index is -2.23. The highest BCUT2D eigenvalue weighted by molar-refractivity contribution is 7.54. The minimum absolute atomic E-state index is 0.0926. The summed E-state index contributed by atoms with van der Waals surface area (Å²) in [6, 6.07) is 0. The Morgan fingerprint density at radius 3 is 2.75 bits per heavy atom. The molecular formula is C11H19N5O6P2. The van der Waals surface area contributed by atoms with E-state index >= 15 is 0 Å². The maximum Gasteiger partial charge on any atom is 0.337 e. The predicted octanol–water partition coefficient (Wildman–Crippen LogP) is 0.932. The van der Waals surface area contributed by atoms with E-state index in [2.05, 4.69) is 19.5 Å². The van der Waals surface area contributed by atoms with Gasteiger partial charge < -0.3 is 33.9 Å². The highest BCUT2D eigenvalue weighted by Gasteiger charge is 2.18. The zero-order valence-electron chi connectivity index (χ0n) is 13.1. The maximum atomic E-state index is 9.51. The van der Waals surface area contributed by atoms with Gasteiger partial charge in [0.25, 0.3) is 0 Å². The number of hydrogen-bond donors (Lipinski definition) is 3. The van der Waals surface area contributed by atoms with Crippen LogP contribution in [0.5, 0.6) is 0 Å². The Hall–Kier alpha value is -1.03. The number of aryl methyl sites for hydroxylation is 1. The number of aromatic nitrogens is 4. The van der Waals surface area contributed by atoms with E-state index in [1.54, 1.807) is 6.33 Å². The lowest BCUT2D eigenvalue weighted by Gasteiger charge is -2.18. The van der Waals surface area contributed by atoms with Gasteiger partial charge in [0, 0.05) is 20.8 Å². The predicted molar refractivity (Wildman–Crippen MR) is 87.5 cm³/mol. The Kier molecular flexibility index (Phi) is 7.60. The van der Waals surface area contributed by atoms with Crippen molar-refractivity contribution >= 4 is 34.2 Å². The second-order valence-electron chi connectivity index (χ2n) is 4.55. The van der Waals surface area contributed by atoms with Gasteiger partial charge in [-0.1, -0.05) is 0 Å². The van der Waals surface area contributed by atoms with Gasteiger partial charge in [-0.2, -0.15) is 0 Å². The fourth-order valence-electron chi connectivity index (χ4n) is 1.88. The van der Waals surface area contributed by atoms with E-state index in [-0.39, 0.29) is 12.7 Å². The van der Waals surface area contributed by atoms with E-state index in [0.29, 0.717) is 29.9 Å². The Labute approximate surface area is 140 Å². The van der Waals surface area contributed by atoms with Gasteiger partial charge in [0.1, 0.15) is 11.8 Å². The molecule has 0 aromatic carbocycles. The zero-order valence-corrected chi connectivity index (χ0v) is 14.9. The first kappa shape index (κ1) is 19.3. The quantitative estimate of drug-likeness (QED) is 0.509. The van der Waals surface area contributed by atoms with Crippen molar-refractivity contribution in [2.45, 2.75) is 19.1 Å². The van der Waals surface area contributed by atoms with E-state index < -0.39 is 17.2 Å². The standard InChI is InChI=1S/C11H19N5O6P2/c1-19-8(5-21-24(18)22-23(17)20-2)3-4-16-7-15-9-10(12)13-6-14-11(9)16/h6-8,17-18H,3-5H2,1-2H3,(H2,12,13,14). The smallest absolute Gasteiger partial charge is 0.337 e. The number of nitrogens with zero attached hydrogens (tertiary/aromatic N) is 4. The molecule has 0 aliphatic carbocycles. The molecule has 4 N–H and O–H groups in total. The van der Waals surface area contributed by atoms with Crippen LogP contribution < -0.4 is 5.73 Å². The molecular weight excluding hydrogens is 360 g/mol. The van der Waals surface area contributed by atoms with Gasteiger partial charge >= 0.3 is 17.2 Å². The number of nitrogens with two attached hydrogens (primary N) is 1. The second-order valence-corrected chi connectivity index (χ2v) is 6.78. The van der Waals surface area contributed by atoms with E-state index in [1.165, 1.54) is 20.5 Å². The number of fused-ring (bicyclic) bond motifs is 1. The Bertz CT molecular complexity index is 646. The fraction of sp³-hybridized carbons (Fsp3) is 0.545. The van der Waals surface area contributed by atoms with Crippen molar-refractivity contribution in [2.24, 2.45) is 0 Å². The van der Waals surface area contributed by atoms with Crippen LogP contribution in [0, 0.1) is 0 Å². The number of methoxy groups -OCH3 is 1. The molecule has 0 bridgehead atoms. The summed E-state index contributed by atoms with van der Waals surface area (Å²) in [5, 5.41) is 0. The van der Waals surface area contributed by atoms with Gasteiger partial charge in [0.15, 0.2) is 11.5 Å². The van der Waals surface area contributed by atoms with Crippen molar-refractivity contribution < 1.29 is 27.9 Å². The van der Waals surface area contributed by atoms with Crippen LogP contribution in [-0.2, 0) is 24.6 Å². The van der Waals surface area contributed by atoms with Gasteiger partial charge in [-0.3, -0.25) is 0 Å². The van der Waals surface area contributed by atoms with Gasteiger partial charge in [-0.25, -0.2) is 19.3 Å². The molecule has 134 valence electrons. The molecule has 3 unspecified atom stereocenters. The molecule has 2 rings (SSSR count). The van der Waals surface area contributed by atoms with Crippen molar-refractivity contribution in [3.8, 4) is 0 Å². The average molecular weight is 379 g/mol. The summed E-state index contributed by atoms with van der Waals surface area (Å²) in [7, 11) is -1.57. The average Bonchev–Trinajstić information content (AvgIpc) is 2.99. The molecule has 0 spiro atoms. The normalized spacial score (nSPS) is 15.5. The Morgan fingerprint density at radius 2 is 2.04 bits per heavy atom. The highest BCUT2D eigenvalue weighted by atomic mass is 31.2. The lowest BCUT2D eigenvalue weighted by molar-refractivity contribution is 0.0451. The number of ether oxygens (including phenoxy) is 1. The van der Waals surface area contributed by atoms with E-state index in [1.807, 2.05) is 4.57 Å². The summed E-state index contributed by atoms with van der Waals surface area (Å²) in [5.74, 6) is 0.326. The first-order valence-corrected chi connectivity index (χ1v) is 9.08. The lowest BCUT2D eigenvalue weighted by atomic mass is 10.2. The largest absolute Gasteiger partial charge is 0.382 e. The third-order valence-corrected chi connectivity index (χ3v) is 4.92. The molecule has 0 fully saturated rings. The monoisotopic (exact) mass is 379 g/mol. The van der Waals surface area contributed by atoms with Crippen LogP contribution in [-0.4, -0.2) is 56.2 Å². The molecule has 13 heteroatoms. The van der Waals surface area contributed by atoms with Gasteiger partial charge in [0.2, 0.25) is 0 Å². The molecule has 0 saturated heterocycles. The molecule has 2 aromatic heterocycles. The second kappa shape index (κ2) is 9.45. The molecule has 0 radical (unpaired) electrons. The molecule has 2 aromatic rings. The summed E-state index contributed by atoms with van der Waals surface area (Å²) < 4.78 is 21.5. The van der Waals surface area contributed by atoms with Crippen molar-refractivity contribution in [1.82, 2.24) is 19.5 Å². The number of rotatable bonds is 10. The van der Waals surface area contributed by atoms with Crippen molar-refractivity contribution in [1.29, 1.82) is 0 Å².